The molecule has 0 aliphatic rings. The highest BCUT2D eigenvalue weighted by Gasteiger charge is 2.27. The quantitative estimate of drug-likeness (QED) is 0.624. The molecule has 2 aromatic carbocycles. The zero-order chi connectivity index (χ0) is 18.7. The van der Waals surface area contributed by atoms with E-state index in [2.05, 4.69) is 5.32 Å². The van der Waals surface area contributed by atoms with Gasteiger partial charge in [-0.1, -0.05) is 6.07 Å². The summed E-state index contributed by atoms with van der Waals surface area (Å²) in [5, 5.41) is 33.3. The molecule has 0 spiro atoms. The van der Waals surface area contributed by atoms with Crippen molar-refractivity contribution in [2.24, 2.45) is 0 Å². The summed E-state index contributed by atoms with van der Waals surface area (Å²) < 4.78 is 0. The number of hydrogen-bond donors (Lipinski definition) is 2. The lowest BCUT2D eigenvalue weighted by molar-refractivity contribution is -0.385. The molecule has 0 aliphatic heterocycles. The number of carbonyl (C=O) groups excluding carboxylic acids is 1. The molecular formula is C15H11N3O7. The molecule has 2 N–H and O–H groups in total. The van der Waals surface area contributed by atoms with E-state index in [4.69, 9.17) is 0 Å². The van der Waals surface area contributed by atoms with Crippen LogP contribution in [-0.2, 0) is 0 Å². The van der Waals surface area contributed by atoms with Gasteiger partial charge in [0.05, 0.1) is 15.4 Å². The van der Waals surface area contributed by atoms with Crippen LogP contribution in [0.2, 0.25) is 0 Å². The van der Waals surface area contributed by atoms with Gasteiger partial charge in [-0.05, 0) is 25.1 Å². The Morgan fingerprint density at radius 2 is 1.68 bits per heavy atom. The first-order valence-corrected chi connectivity index (χ1v) is 6.79. The van der Waals surface area contributed by atoms with Gasteiger partial charge in [0.25, 0.3) is 17.3 Å². The van der Waals surface area contributed by atoms with Crippen LogP contribution in [0.3, 0.4) is 0 Å². The Kier molecular flexibility index (Phi) is 4.73. The average Bonchev–Trinajstić information content (AvgIpc) is 2.53. The van der Waals surface area contributed by atoms with E-state index in [1.165, 1.54) is 31.2 Å². The standard InChI is InChI=1S/C15H11N3O7/c1-8-7-9(5-6-11(8)17(22)23)16-14(19)10-3-2-4-12(18(24)25)13(10)15(20)21/h2-7H,1H3,(H,16,19)(H,20,21). The van der Waals surface area contributed by atoms with Crippen LogP contribution in [0.15, 0.2) is 36.4 Å². The summed E-state index contributed by atoms with van der Waals surface area (Å²) in [6, 6.07) is 7.13. The second-order valence-electron chi connectivity index (χ2n) is 4.97. The van der Waals surface area contributed by atoms with Crippen LogP contribution in [0.25, 0.3) is 0 Å². The van der Waals surface area contributed by atoms with Crippen LogP contribution < -0.4 is 5.32 Å². The van der Waals surface area contributed by atoms with Crippen molar-refractivity contribution < 1.29 is 24.5 Å². The van der Waals surface area contributed by atoms with E-state index in [1.54, 1.807) is 0 Å². The largest absolute Gasteiger partial charge is 0.477 e. The first kappa shape index (κ1) is 17.5. The van der Waals surface area contributed by atoms with E-state index in [-0.39, 0.29) is 11.4 Å². The summed E-state index contributed by atoms with van der Waals surface area (Å²) in [6.07, 6.45) is 0. The maximum absolute atomic E-state index is 12.3. The molecule has 2 rings (SSSR count). The van der Waals surface area contributed by atoms with Crippen LogP contribution in [-0.4, -0.2) is 26.8 Å². The monoisotopic (exact) mass is 345 g/mol. The van der Waals surface area contributed by atoms with Crippen molar-refractivity contribution in [1.29, 1.82) is 0 Å². The van der Waals surface area contributed by atoms with Gasteiger partial charge < -0.3 is 10.4 Å². The van der Waals surface area contributed by atoms with Crippen LogP contribution in [0, 0.1) is 27.2 Å². The van der Waals surface area contributed by atoms with Gasteiger partial charge >= 0.3 is 5.97 Å². The lowest BCUT2D eigenvalue weighted by Gasteiger charge is -2.09. The lowest BCUT2D eigenvalue weighted by Crippen LogP contribution is -2.17. The van der Waals surface area contributed by atoms with E-state index >= 15 is 0 Å². The zero-order valence-corrected chi connectivity index (χ0v) is 12.8. The van der Waals surface area contributed by atoms with Crippen molar-refractivity contribution in [3.05, 3.63) is 73.3 Å². The molecule has 0 fully saturated rings. The number of carbonyl (C=O) groups is 2. The molecule has 10 nitrogen and oxygen atoms in total. The summed E-state index contributed by atoms with van der Waals surface area (Å²) in [6.45, 7) is 1.48. The van der Waals surface area contributed by atoms with Gasteiger partial charge in [0.15, 0.2) is 0 Å². The Morgan fingerprint density at radius 3 is 2.20 bits per heavy atom. The first-order chi connectivity index (χ1) is 11.7. The highest BCUT2D eigenvalue weighted by Crippen LogP contribution is 2.25. The second-order valence-corrected chi connectivity index (χ2v) is 4.97. The molecule has 2 aromatic rings. The number of amides is 1. The number of aryl methyl sites for hydroxylation is 1. The smallest absolute Gasteiger partial charge is 0.343 e. The number of anilines is 1. The molecule has 0 saturated carbocycles. The molecule has 1 amide bonds. The third-order valence-electron chi connectivity index (χ3n) is 3.35. The molecule has 0 aliphatic carbocycles. The Bertz CT molecular complexity index is 908. The van der Waals surface area contributed by atoms with E-state index in [0.717, 1.165) is 12.1 Å². The third-order valence-corrected chi connectivity index (χ3v) is 3.35. The first-order valence-electron chi connectivity index (χ1n) is 6.79. The SMILES string of the molecule is Cc1cc(NC(=O)c2cccc([N+](=O)[O-])c2C(=O)O)ccc1[N+](=O)[O-]. The Balaban J connectivity index is 2.41. The molecule has 0 saturated heterocycles. The van der Waals surface area contributed by atoms with Crippen molar-refractivity contribution in [3.8, 4) is 0 Å². The topological polar surface area (TPSA) is 153 Å². The number of carboxylic acids is 1. The molecule has 0 atom stereocenters. The minimum atomic E-state index is -1.61. The Labute approximate surface area is 140 Å². The highest BCUT2D eigenvalue weighted by molar-refractivity contribution is 6.12. The number of nitro benzene ring substituents is 2. The van der Waals surface area contributed by atoms with Gasteiger partial charge in [0.2, 0.25) is 0 Å². The maximum Gasteiger partial charge on any atom is 0.343 e. The average molecular weight is 345 g/mol. The normalized spacial score (nSPS) is 10.1. The van der Waals surface area contributed by atoms with Gasteiger partial charge in [0.1, 0.15) is 5.56 Å². The zero-order valence-electron chi connectivity index (χ0n) is 12.8. The van der Waals surface area contributed by atoms with Crippen molar-refractivity contribution in [3.63, 3.8) is 0 Å². The van der Waals surface area contributed by atoms with Crippen LogP contribution in [0.1, 0.15) is 26.3 Å². The van der Waals surface area contributed by atoms with Crippen molar-refractivity contribution in [2.45, 2.75) is 6.92 Å². The number of benzene rings is 2. The Hall–Kier alpha value is -3.82. The number of nitrogens with one attached hydrogen (secondary N) is 1. The molecule has 0 aromatic heterocycles. The molecule has 10 heteroatoms. The van der Waals surface area contributed by atoms with Crippen LogP contribution >= 0.6 is 0 Å². The summed E-state index contributed by atoms with van der Waals surface area (Å²) in [7, 11) is 0. The molecule has 25 heavy (non-hydrogen) atoms. The number of aromatic carboxylic acids is 1. The molecule has 0 radical (unpaired) electrons. The molecular weight excluding hydrogens is 334 g/mol. The van der Waals surface area contributed by atoms with Crippen LogP contribution in [0.4, 0.5) is 17.1 Å². The summed E-state index contributed by atoms with van der Waals surface area (Å²) in [5.41, 5.74) is -1.49. The number of rotatable bonds is 5. The van der Waals surface area contributed by atoms with E-state index < -0.39 is 38.5 Å². The Morgan fingerprint density at radius 1 is 1.04 bits per heavy atom. The fourth-order valence-corrected chi connectivity index (χ4v) is 2.24. The van der Waals surface area contributed by atoms with Gasteiger partial charge in [-0.15, -0.1) is 0 Å². The van der Waals surface area contributed by atoms with E-state index in [1.807, 2.05) is 0 Å². The van der Waals surface area contributed by atoms with Gasteiger partial charge in [-0.25, -0.2) is 4.79 Å². The number of nitro groups is 2. The maximum atomic E-state index is 12.3. The predicted molar refractivity (Wildman–Crippen MR) is 85.8 cm³/mol. The number of nitrogens with zero attached hydrogens (tertiary/aromatic N) is 2. The molecule has 0 bridgehead atoms. The van der Waals surface area contributed by atoms with Gasteiger partial charge in [-0.2, -0.15) is 0 Å². The summed E-state index contributed by atoms with van der Waals surface area (Å²) in [5.74, 6) is -2.49. The minimum absolute atomic E-state index is 0.139. The van der Waals surface area contributed by atoms with Gasteiger partial charge in [-0.3, -0.25) is 25.0 Å². The molecule has 0 heterocycles. The van der Waals surface area contributed by atoms with E-state index in [9.17, 15) is 34.9 Å². The van der Waals surface area contributed by atoms with Crippen molar-refractivity contribution >= 4 is 28.9 Å². The van der Waals surface area contributed by atoms with E-state index in [0.29, 0.717) is 5.56 Å². The predicted octanol–water partition coefficient (Wildman–Crippen LogP) is 2.76. The van der Waals surface area contributed by atoms with Crippen LogP contribution in [0.5, 0.6) is 0 Å². The van der Waals surface area contributed by atoms with Crippen molar-refractivity contribution in [1.82, 2.24) is 0 Å². The number of hydrogen-bond acceptors (Lipinski definition) is 6. The molecule has 128 valence electrons. The van der Waals surface area contributed by atoms with Crippen molar-refractivity contribution in [2.75, 3.05) is 5.32 Å². The highest BCUT2D eigenvalue weighted by atomic mass is 16.6. The number of carboxylic acid groups (broad SMARTS) is 1. The fraction of sp³-hybridized carbons (Fsp3) is 0.0667. The fourth-order valence-electron chi connectivity index (χ4n) is 2.24. The summed E-state index contributed by atoms with van der Waals surface area (Å²) >= 11 is 0. The summed E-state index contributed by atoms with van der Waals surface area (Å²) in [4.78, 5) is 43.9. The lowest BCUT2D eigenvalue weighted by atomic mass is 10.0. The second kappa shape index (κ2) is 6.74. The van der Waals surface area contributed by atoms with Gasteiger partial charge in [0, 0.05) is 23.4 Å². The molecule has 0 unspecified atom stereocenters. The minimum Gasteiger partial charge on any atom is -0.477 e. The third kappa shape index (κ3) is 3.58.